The molecule has 0 spiro atoms. The number of carbonyl (C=O) groups is 1. The molecule has 2 aromatic carbocycles. The SMILES string of the molecule is O=C(CCc1ncc(-c2ccc(F)cc2F)o1)N1CCN(c2cccc(O)c2)CC1. The predicted molar refractivity (Wildman–Crippen MR) is 107 cm³/mol. The van der Waals surface area contributed by atoms with Crippen LogP contribution in [0.3, 0.4) is 0 Å². The Kier molecular flexibility index (Phi) is 5.65. The molecule has 1 aromatic heterocycles. The molecule has 1 fully saturated rings. The van der Waals surface area contributed by atoms with Crippen LogP contribution >= 0.6 is 0 Å². The molecule has 1 saturated heterocycles. The molecule has 0 saturated carbocycles. The van der Waals surface area contributed by atoms with E-state index >= 15 is 0 Å². The Morgan fingerprint density at radius 1 is 1.10 bits per heavy atom. The quantitative estimate of drug-likeness (QED) is 0.692. The number of phenolic OH excluding ortho intramolecular Hbond substituents is 1. The number of aromatic hydroxyl groups is 1. The first-order valence-electron chi connectivity index (χ1n) is 9.71. The van der Waals surface area contributed by atoms with Gasteiger partial charge in [-0.1, -0.05) is 6.07 Å². The Morgan fingerprint density at radius 2 is 1.90 bits per heavy atom. The van der Waals surface area contributed by atoms with E-state index in [1.165, 1.54) is 12.3 Å². The van der Waals surface area contributed by atoms with Crippen LogP contribution in [0, 0.1) is 11.6 Å². The number of halogens is 2. The molecule has 1 aliphatic rings. The summed E-state index contributed by atoms with van der Waals surface area (Å²) < 4.78 is 32.5. The minimum atomic E-state index is -0.724. The number of hydrogen-bond donors (Lipinski definition) is 1. The van der Waals surface area contributed by atoms with E-state index in [0.29, 0.717) is 38.5 Å². The zero-order valence-electron chi connectivity index (χ0n) is 16.2. The van der Waals surface area contributed by atoms with Gasteiger partial charge in [0, 0.05) is 56.8 Å². The molecule has 1 amide bonds. The number of piperazine rings is 1. The minimum absolute atomic E-state index is 0.00160. The van der Waals surface area contributed by atoms with Crippen LogP contribution in [0.15, 0.2) is 53.1 Å². The molecule has 0 unspecified atom stereocenters. The molecule has 0 atom stereocenters. The highest BCUT2D eigenvalue weighted by atomic mass is 19.1. The van der Waals surface area contributed by atoms with E-state index in [0.717, 1.165) is 17.8 Å². The maximum absolute atomic E-state index is 13.9. The molecule has 0 aliphatic carbocycles. The van der Waals surface area contributed by atoms with Crippen LogP contribution < -0.4 is 4.90 Å². The lowest BCUT2D eigenvalue weighted by Gasteiger charge is -2.36. The van der Waals surface area contributed by atoms with Crippen molar-refractivity contribution in [2.24, 2.45) is 0 Å². The lowest BCUT2D eigenvalue weighted by molar-refractivity contribution is -0.131. The van der Waals surface area contributed by atoms with Crippen LogP contribution in [-0.2, 0) is 11.2 Å². The van der Waals surface area contributed by atoms with Crippen molar-refractivity contribution < 1.29 is 23.1 Å². The van der Waals surface area contributed by atoms with Crippen molar-refractivity contribution in [3.63, 3.8) is 0 Å². The number of amides is 1. The zero-order chi connectivity index (χ0) is 21.1. The number of hydrogen-bond acceptors (Lipinski definition) is 5. The lowest BCUT2D eigenvalue weighted by Crippen LogP contribution is -2.48. The van der Waals surface area contributed by atoms with Crippen LogP contribution in [0.25, 0.3) is 11.3 Å². The van der Waals surface area contributed by atoms with E-state index in [1.54, 1.807) is 23.1 Å². The third-order valence-electron chi connectivity index (χ3n) is 5.13. The Labute approximate surface area is 172 Å². The first kappa shape index (κ1) is 19.9. The van der Waals surface area contributed by atoms with Gasteiger partial charge < -0.3 is 19.3 Å². The molecule has 4 rings (SSSR count). The minimum Gasteiger partial charge on any atom is -0.508 e. The van der Waals surface area contributed by atoms with E-state index < -0.39 is 11.6 Å². The van der Waals surface area contributed by atoms with Gasteiger partial charge in [0.05, 0.1) is 11.8 Å². The van der Waals surface area contributed by atoms with E-state index in [1.807, 2.05) is 6.07 Å². The molecule has 8 heteroatoms. The molecule has 2 heterocycles. The number of carbonyl (C=O) groups excluding carboxylic acids is 1. The van der Waals surface area contributed by atoms with Gasteiger partial charge in [-0.05, 0) is 24.3 Å². The number of phenols is 1. The summed E-state index contributed by atoms with van der Waals surface area (Å²) in [4.78, 5) is 20.6. The highest BCUT2D eigenvalue weighted by molar-refractivity contribution is 5.76. The third-order valence-corrected chi connectivity index (χ3v) is 5.13. The second-order valence-electron chi connectivity index (χ2n) is 7.13. The van der Waals surface area contributed by atoms with Gasteiger partial charge in [-0.3, -0.25) is 4.79 Å². The number of rotatable bonds is 5. The molecule has 3 aromatic rings. The second kappa shape index (κ2) is 8.52. The summed E-state index contributed by atoms with van der Waals surface area (Å²) in [6, 6.07) is 10.3. The normalized spacial score (nSPS) is 14.2. The Bertz CT molecular complexity index is 1050. The van der Waals surface area contributed by atoms with Gasteiger partial charge in [0.2, 0.25) is 5.91 Å². The van der Waals surface area contributed by atoms with E-state index in [-0.39, 0.29) is 29.4 Å². The highest BCUT2D eigenvalue weighted by Gasteiger charge is 2.22. The van der Waals surface area contributed by atoms with Crippen molar-refractivity contribution in [1.29, 1.82) is 0 Å². The Balaban J connectivity index is 1.30. The van der Waals surface area contributed by atoms with Crippen molar-refractivity contribution in [2.45, 2.75) is 12.8 Å². The van der Waals surface area contributed by atoms with Gasteiger partial charge in [0.15, 0.2) is 11.7 Å². The summed E-state index contributed by atoms with van der Waals surface area (Å²) >= 11 is 0. The monoisotopic (exact) mass is 413 g/mol. The average molecular weight is 413 g/mol. The average Bonchev–Trinajstić information content (AvgIpc) is 3.21. The Hall–Kier alpha value is -3.42. The number of aromatic nitrogens is 1. The second-order valence-corrected chi connectivity index (χ2v) is 7.13. The van der Waals surface area contributed by atoms with Gasteiger partial charge >= 0.3 is 0 Å². The highest BCUT2D eigenvalue weighted by Crippen LogP contribution is 2.25. The number of oxazole rings is 1. The van der Waals surface area contributed by atoms with Crippen LogP contribution in [0.2, 0.25) is 0 Å². The number of benzene rings is 2. The summed E-state index contributed by atoms with van der Waals surface area (Å²) in [5.74, 6) is -0.630. The fourth-order valence-electron chi connectivity index (χ4n) is 3.52. The van der Waals surface area contributed by atoms with Gasteiger partial charge in [-0.15, -0.1) is 0 Å². The van der Waals surface area contributed by atoms with Gasteiger partial charge in [-0.25, -0.2) is 13.8 Å². The molecule has 0 bridgehead atoms. The molecular weight excluding hydrogens is 392 g/mol. The molecule has 30 heavy (non-hydrogen) atoms. The van der Waals surface area contributed by atoms with Crippen LogP contribution in [0.1, 0.15) is 12.3 Å². The lowest BCUT2D eigenvalue weighted by atomic mass is 10.2. The summed E-state index contributed by atoms with van der Waals surface area (Å²) in [6.45, 7) is 2.54. The Morgan fingerprint density at radius 3 is 2.63 bits per heavy atom. The predicted octanol–water partition coefficient (Wildman–Crippen LogP) is 3.61. The molecule has 0 radical (unpaired) electrons. The third kappa shape index (κ3) is 4.42. The van der Waals surface area contributed by atoms with Crippen LogP contribution in [-0.4, -0.2) is 47.1 Å². The fourth-order valence-corrected chi connectivity index (χ4v) is 3.52. The molecule has 6 nitrogen and oxygen atoms in total. The number of nitrogens with zero attached hydrogens (tertiary/aromatic N) is 3. The topological polar surface area (TPSA) is 69.8 Å². The first-order valence-corrected chi connectivity index (χ1v) is 9.71. The summed E-state index contributed by atoms with van der Waals surface area (Å²) in [5, 5.41) is 9.62. The standard InChI is InChI=1S/C22H21F2N3O3/c23-15-4-5-18(19(24)12-15)20-14-25-21(30-20)6-7-22(29)27-10-8-26(9-11-27)16-2-1-3-17(28)13-16/h1-5,12-14,28H,6-11H2. The zero-order valence-corrected chi connectivity index (χ0v) is 16.2. The fraction of sp³-hybridized carbons (Fsp3) is 0.273. The largest absolute Gasteiger partial charge is 0.508 e. The van der Waals surface area contributed by atoms with Gasteiger partial charge in [-0.2, -0.15) is 0 Å². The van der Waals surface area contributed by atoms with Crippen molar-refractivity contribution in [3.8, 4) is 17.1 Å². The maximum atomic E-state index is 13.9. The van der Waals surface area contributed by atoms with E-state index in [2.05, 4.69) is 9.88 Å². The van der Waals surface area contributed by atoms with Crippen molar-refractivity contribution in [2.75, 3.05) is 31.1 Å². The van der Waals surface area contributed by atoms with Crippen molar-refractivity contribution >= 4 is 11.6 Å². The molecule has 1 N–H and O–H groups in total. The molecule has 1 aliphatic heterocycles. The number of anilines is 1. The summed E-state index contributed by atoms with van der Waals surface area (Å²) in [7, 11) is 0. The van der Waals surface area contributed by atoms with Crippen molar-refractivity contribution in [1.82, 2.24) is 9.88 Å². The summed E-state index contributed by atoms with van der Waals surface area (Å²) in [5.41, 5.74) is 1.06. The van der Waals surface area contributed by atoms with Crippen LogP contribution in [0.5, 0.6) is 5.75 Å². The van der Waals surface area contributed by atoms with Gasteiger partial charge in [0.25, 0.3) is 0 Å². The van der Waals surface area contributed by atoms with Gasteiger partial charge in [0.1, 0.15) is 17.4 Å². The van der Waals surface area contributed by atoms with E-state index in [4.69, 9.17) is 4.42 Å². The summed E-state index contributed by atoms with van der Waals surface area (Å²) in [6.07, 6.45) is 1.91. The smallest absolute Gasteiger partial charge is 0.223 e. The maximum Gasteiger partial charge on any atom is 0.223 e. The first-order chi connectivity index (χ1) is 14.5. The number of aryl methyl sites for hydroxylation is 1. The molecule has 156 valence electrons. The van der Waals surface area contributed by atoms with Crippen molar-refractivity contribution in [3.05, 3.63) is 66.2 Å². The van der Waals surface area contributed by atoms with Crippen LogP contribution in [0.4, 0.5) is 14.5 Å². The van der Waals surface area contributed by atoms with E-state index in [9.17, 15) is 18.7 Å². The molecular formula is C22H21F2N3O3.